The molecule has 154 valence electrons. The van der Waals surface area contributed by atoms with Gasteiger partial charge in [0.1, 0.15) is 0 Å². The Morgan fingerprint density at radius 3 is 2.55 bits per heavy atom. The summed E-state index contributed by atoms with van der Waals surface area (Å²) >= 11 is 0. The zero-order valence-corrected chi connectivity index (χ0v) is 17.6. The van der Waals surface area contributed by atoms with E-state index in [2.05, 4.69) is 28.5 Å². The van der Waals surface area contributed by atoms with Gasteiger partial charge in [-0.15, -0.1) is 0 Å². The molecule has 0 aliphatic carbocycles. The Balaban J connectivity index is 1.57. The first-order chi connectivity index (χ1) is 13.9. The molecule has 0 aromatic heterocycles. The SMILES string of the molecule is Cc1ccc(NC(=O)C(=O)NCc2ccccc2CN2CCCC(C)C2)c(C)c1. The van der Waals surface area contributed by atoms with Crippen LogP contribution in [0.4, 0.5) is 5.69 Å². The number of hydrogen-bond acceptors (Lipinski definition) is 3. The molecule has 0 saturated carbocycles. The molecule has 1 heterocycles. The van der Waals surface area contributed by atoms with Gasteiger partial charge in [0.15, 0.2) is 0 Å². The fourth-order valence-corrected chi connectivity index (χ4v) is 3.94. The van der Waals surface area contributed by atoms with Gasteiger partial charge in [-0.1, -0.05) is 48.9 Å². The van der Waals surface area contributed by atoms with Crippen LogP contribution in [-0.4, -0.2) is 29.8 Å². The first kappa shape index (κ1) is 21.1. The monoisotopic (exact) mass is 393 g/mol. The van der Waals surface area contributed by atoms with E-state index in [0.29, 0.717) is 12.2 Å². The van der Waals surface area contributed by atoms with Gasteiger partial charge in [0.2, 0.25) is 0 Å². The number of anilines is 1. The van der Waals surface area contributed by atoms with Crippen LogP contribution in [0.2, 0.25) is 0 Å². The molecule has 2 N–H and O–H groups in total. The van der Waals surface area contributed by atoms with E-state index in [1.807, 2.05) is 50.2 Å². The highest BCUT2D eigenvalue weighted by atomic mass is 16.2. The van der Waals surface area contributed by atoms with Crippen LogP contribution in [-0.2, 0) is 22.7 Å². The van der Waals surface area contributed by atoms with Crippen molar-refractivity contribution in [3.8, 4) is 0 Å². The van der Waals surface area contributed by atoms with Gasteiger partial charge in [0.25, 0.3) is 0 Å². The molecule has 0 radical (unpaired) electrons. The van der Waals surface area contributed by atoms with Gasteiger partial charge < -0.3 is 10.6 Å². The number of nitrogens with zero attached hydrogens (tertiary/aromatic N) is 1. The fourth-order valence-electron chi connectivity index (χ4n) is 3.94. The number of carbonyl (C=O) groups is 2. The molecular formula is C24H31N3O2. The molecule has 1 saturated heterocycles. The average molecular weight is 394 g/mol. The summed E-state index contributed by atoms with van der Waals surface area (Å²) in [5, 5.41) is 5.47. The predicted molar refractivity (Wildman–Crippen MR) is 117 cm³/mol. The van der Waals surface area contributed by atoms with Gasteiger partial charge >= 0.3 is 11.8 Å². The van der Waals surface area contributed by atoms with Crippen molar-refractivity contribution in [3.05, 3.63) is 64.7 Å². The van der Waals surface area contributed by atoms with Gasteiger partial charge in [0, 0.05) is 25.3 Å². The molecule has 1 atom stereocenters. The van der Waals surface area contributed by atoms with E-state index in [0.717, 1.165) is 42.2 Å². The van der Waals surface area contributed by atoms with E-state index in [1.54, 1.807) is 0 Å². The normalized spacial score (nSPS) is 17.0. The standard InChI is InChI=1S/C24H31N3O2/c1-17-10-11-22(19(3)13-17)26-24(29)23(28)25-14-20-8-4-5-9-21(20)16-27-12-6-7-18(2)15-27/h4-5,8-11,13,18H,6-7,12,14-16H2,1-3H3,(H,25,28)(H,26,29). The van der Waals surface area contributed by atoms with Crippen LogP contribution in [0.5, 0.6) is 0 Å². The Morgan fingerprint density at radius 1 is 1.07 bits per heavy atom. The second kappa shape index (κ2) is 9.70. The summed E-state index contributed by atoms with van der Waals surface area (Å²) in [5.74, 6) is -0.532. The van der Waals surface area contributed by atoms with Crippen molar-refractivity contribution in [2.24, 2.45) is 5.92 Å². The number of hydrogen-bond donors (Lipinski definition) is 2. The topological polar surface area (TPSA) is 61.4 Å². The molecule has 2 aromatic carbocycles. The molecule has 0 bridgehead atoms. The number of piperidine rings is 1. The molecule has 2 amide bonds. The minimum Gasteiger partial charge on any atom is -0.344 e. The van der Waals surface area contributed by atoms with Gasteiger partial charge in [-0.2, -0.15) is 0 Å². The lowest BCUT2D eigenvalue weighted by atomic mass is 9.99. The Bertz CT molecular complexity index is 878. The van der Waals surface area contributed by atoms with E-state index >= 15 is 0 Å². The van der Waals surface area contributed by atoms with E-state index in [1.165, 1.54) is 18.4 Å². The van der Waals surface area contributed by atoms with Crippen molar-refractivity contribution < 1.29 is 9.59 Å². The number of benzene rings is 2. The zero-order chi connectivity index (χ0) is 20.8. The molecule has 2 aromatic rings. The summed E-state index contributed by atoms with van der Waals surface area (Å²) in [4.78, 5) is 27.1. The van der Waals surface area contributed by atoms with Crippen LogP contribution in [0.3, 0.4) is 0 Å². The van der Waals surface area contributed by atoms with E-state index in [4.69, 9.17) is 0 Å². The van der Waals surface area contributed by atoms with Crippen LogP contribution in [0.1, 0.15) is 42.0 Å². The zero-order valence-electron chi connectivity index (χ0n) is 17.6. The molecule has 1 unspecified atom stereocenters. The smallest absolute Gasteiger partial charge is 0.313 e. The van der Waals surface area contributed by atoms with E-state index in [9.17, 15) is 9.59 Å². The van der Waals surface area contributed by atoms with E-state index < -0.39 is 11.8 Å². The summed E-state index contributed by atoms with van der Waals surface area (Å²) in [5.41, 5.74) is 4.97. The van der Waals surface area contributed by atoms with Crippen LogP contribution < -0.4 is 10.6 Å². The van der Waals surface area contributed by atoms with Crippen molar-refractivity contribution in [1.82, 2.24) is 10.2 Å². The number of nitrogens with one attached hydrogen (secondary N) is 2. The number of amides is 2. The third-order valence-electron chi connectivity index (χ3n) is 5.53. The molecular weight excluding hydrogens is 362 g/mol. The second-order valence-electron chi connectivity index (χ2n) is 8.21. The van der Waals surface area contributed by atoms with Crippen molar-refractivity contribution in [1.29, 1.82) is 0 Å². The Kier molecular flexibility index (Phi) is 7.04. The summed E-state index contributed by atoms with van der Waals surface area (Å²) in [6.45, 7) is 9.66. The average Bonchev–Trinajstić information content (AvgIpc) is 2.69. The lowest BCUT2D eigenvalue weighted by Crippen LogP contribution is -2.36. The van der Waals surface area contributed by atoms with Gasteiger partial charge in [0.05, 0.1) is 0 Å². The van der Waals surface area contributed by atoms with Crippen molar-refractivity contribution in [2.75, 3.05) is 18.4 Å². The number of aryl methyl sites for hydroxylation is 2. The molecule has 29 heavy (non-hydrogen) atoms. The fraction of sp³-hybridized carbons (Fsp3) is 0.417. The number of likely N-dealkylation sites (tertiary alicyclic amines) is 1. The summed E-state index contributed by atoms with van der Waals surface area (Å²) in [6.07, 6.45) is 2.53. The molecule has 0 spiro atoms. The maximum atomic E-state index is 12.3. The van der Waals surface area contributed by atoms with Crippen LogP contribution in [0.15, 0.2) is 42.5 Å². The minimum absolute atomic E-state index is 0.346. The Morgan fingerprint density at radius 2 is 1.83 bits per heavy atom. The van der Waals surface area contributed by atoms with Gasteiger partial charge in [-0.3, -0.25) is 14.5 Å². The molecule has 1 aliphatic heterocycles. The van der Waals surface area contributed by atoms with Crippen molar-refractivity contribution in [2.45, 2.75) is 46.7 Å². The molecule has 3 rings (SSSR count). The van der Waals surface area contributed by atoms with E-state index in [-0.39, 0.29) is 0 Å². The Hall–Kier alpha value is -2.66. The first-order valence-electron chi connectivity index (χ1n) is 10.4. The van der Waals surface area contributed by atoms with Crippen LogP contribution in [0, 0.1) is 19.8 Å². The van der Waals surface area contributed by atoms with Crippen molar-refractivity contribution >= 4 is 17.5 Å². The molecule has 1 fully saturated rings. The maximum Gasteiger partial charge on any atom is 0.313 e. The molecule has 5 heteroatoms. The van der Waals surface area contributed by atoms with Gasteiger partial charge in [-0.25, -0.2) is 0 Å². The third kappa shape index (κ3) is 5.91. The summed E-state index contributed by atoms with van der Waals surface area (Å²) in [7, 11) is 0. The Labute approximate surface area is 173 Å². The quantitative estimate of drug-likeness (QED) is 0.760. The van der Waals surface area contributed by atoms with Gasteiger partial charge in [-0.05, 0) is 61.9 Å². The lowest BCUT2D eigenvalue weighted by molar-refractivity contribution is -0.136. The van der Waals surface area contributed by atoms with Crippen LogP contribution >= 0.6 is 0 Å². The highest BCUT2D eigenvalue weighted by Crippen LogP contribution is 2.20. The minimum atomic E-state index is -0.640. The number of rotatable bonds is 5. The highest BCUT2D eigenvalue weighted by Gasteiger charge is 2.18. The largest absolute Gasteiger partial charge is 0.344 e. The molecule has 1 aliphatic rings. The second-order valence-corrected chi connectivity index (χ2v) is 8.21. The number of carbonyl (C=O) groups excluding carboxylic acids is 2. The maximum absolute atomic E-state index is 12.3. The van der Waals surface area contributed by atoms with Crippen LogP contribution in [0.25, 0.3) is 0 Å². The summed E-state index contributed by atoms with van der Waals surface area (Å²) in [6, 6.07) is 13.8. The predicted octanol–water partition coefficient (Wildman–Crippen LogP) is 3.79. The molecule has 5 nitrogen and oxygen atoms in total. The van der Waals surface area contributed by atoms with Crippen molar-refractivity contribution in [3.63, 3.8) is 0 Å². The first-order valence-corrected chi connectivity index (χ1v) is 10.4. The third-order valence-corrected chi connectivity index (χ3v) is 5.53. The lowest BCUT2D eigenvalue weighted by Gasteiger charge is -2.31. The summed E-state index contributed by atoms with van der Waals surface area (Å²) < 4.78 is 0. The highest BCUT2D eigenvalue weighted by molar-refractivity contribution is 6.39.